The molecular weight excluding hydrogens is 212 g/mol. The lowest BCUT2D eigenvalue weighted by Crippen LogP contribution is -2.46. The molecule has 3 nitrogen and oxygen atoms in total. The average Bonchev–Trinajstić information content (AvgIpc) is 3.19. The molecule has 0 aromatic heterocycles. The zero-order chi connectivity index (χ0) is 12.1. The maximum absolute atomic E-state index is 5.44. The average molecular weight is 240 g/mol. The Morgan fingerprint density at radius 1 is 1.24 bits per heavy atom. The lowest BCUT2D eigenvalue weighted by atomic mass is 10.1. The predicted octanol–water partition coefficient (Wildman–Crippen LogP) is 1.88. The quantitative estimate of drug-likeness (QED) is 0.735. The molecule has 1 aliphatic carbocycles. The minimum Gasteiger partial charge on any atom is -0.381 e. The topological polar surface area (TPSA) is 24.5 Å². The third-order valence-electron chi connectivity index (χ3n) is 4.15. The molecule has 1 unspecified atom stereocenters. The molecule has 17 heavy (non-hydrogen) atoms. The fourth-order valence-electron chi connectivity index (χ4n) is 2.79. The van der Waals surface area contributed by atoms with E-state index in [2.05, 4.69) is 24.2 Å². The van der Waals surface area contributed by atoms with E-state index in [0.717, 1.165) is 31.2 Å². The molecule has 1 saturated carbocycles. The van der Waals surface area contributed by atoms with Crippen molar-refractivity contribution in [2.24, 2.45) is 5.92 Å². The molecule has 1 heterocycles. The first-order valence-corrected chi connectivity index (χ1v) is 7.32. The van der Waals surface area contributed by atoms with Gasteiger partial charge in [-0.3, -0.25) is 0 Å². The summed E-state index contributed by atoms with van der Waals surface area (Å²) in [6.45, 7) is 6.54. The third-order valence-corrected chi connectivity index (χ3v) is 4.15. The Morgan fingerprint density at radius 2 is 1.94 bits per heavy atom. The van der Waals surface area contributed by atoms with E-state index in [9.17, 15) is 0 Å². The van der Waals surface area contributed by atoms with Gasteiger partial charge in [-0.15, -0.1) is 0 Å². The summed E-state index contributed by atoms with van der Waals surface area (Å²) in [7, 11) is 2.29. The van der Waals surface area contributed by atoms with Gasteiger partial charge in [-0.1, -0.05) is 6.92 Å². The van der Waals surface area contributed by atoms with Crippen molar-refractivity contribution in [2.45, 2.75) is 51.1 Å². The number of nitrogens with one attached hydrogen (secondary N) is 1. The van der Waals surface area contributed by atoms with Crippen LogP contribution in [-0.2, 0) is 4.74 Å². The molecule has 1 saturated heterocycles. The fourth-order valence-corrected chi connectivity index (χ4v) is 2.79. The van der Waals surface area contributed by atoms with E-state index < -0.39 is 0 Å². The van der Waals surface area contributed by atoms with Gasteiger partial charge in [0, 0.05) is 31.8 Å². The van der Waals surface area contributed by atoms with E-state index in [1.54, 1.807) is 0 Å². The van der Waals surface area contributed by atoms with Gasteiger partial charge in [0.05, 0.1) is 0 Å². The minimum absolute atomic E-state index is 0.725. The Morgan fingerprint density at radius 3 is 2.53 bits per heavy atom. The number of ether oxygens (including phenoxy) is 1. The summed E-state index contributed by atoms with van der Waals surface area (Å²) >= 11 is 0. The van der Waals surface area contributed by atoms with E-state index in [-0.39, 0.29) is 0 Å². The van der Waals surface area contributed by atoms with Crippen LogP contribution >= 0.6 is 0 Å². The predicted molar refractivity (Wildman–Crippen MR) is 71.3 cm³/mol. The first-order valence-electron chi connectivity index (χ1n) is 7.32. The van der Waals surface area contributed by atoms with Crippen LogP contribution in [0.2, 0.25) is 0 Å². The van der Waals surface area contributed by atoms with Crippen LogP contribution < -0.4 is 5.32 Å². The molecule has 0 amide bonds. The standard InChI is InChI=1S/C14H28N2O/c1-3-8-15-14(12-4-5-12)11-16(2)13-6-9-17-10-7-13/h12-15H,3-11H2,1-2H3. The van der Waals surface area contributed by atoms with Gasteiger partial charge in [-0.2, -0.15) is 0 Å². The smallest absolute Gasteiger partial charge is 0.0480 e. The summed E-state index contributed by atoms with van der Waals surface area (Å²) < 4.78 is 5.44. The van der Waals surface area contributed by atoms with Crippen LogP contribution in [0.3, 0.4) is 0 Å². The zero-order valence-corrected chi connectivity index (χ0v) is 11.5. The number of hydrogen-bond donors (Lipinski definition) is 1. The number of rotatable bonds is 7. The van der Waals surface area contributed by atoms with E-state index in [4.69, 9.17) is 4.74 Å². The van der Waals surface area contributed by atoms with Crippen molar-refractivity contribution < 1.29 is 4.74 Å². The van der Waals surface area contributed by atoms with Crippen molar-refractivity contribution in [1.29, 1.82) is 0 Å². The molecule has 1 atom stereocenters. The molecule has 2 rings (SSSR count). The highest BCUT2D eigenvalue weighted by Gasteiger charge is 2.32. The second kappa shape index (κ2) is 6.72. The summed E-state index contributed by atoms with van der Waals surface area (Å²) in [4.78, 5) is 2.56. The van der Waals surface area contributed by atoms with Crippen LogP contribution in [0.4, 0.5) is 0 Å². The first-order chi connectivity index (χ1) is 8.31. The Hall–Kier alpha value is -0.120. The van der Waals surface area contributed by atoms with Gasteiger partial charge >= 0.3 is 0 Å². The SMILES string of the molecule is CCCNC(CN(C)C1CCOCC1)C1CC1. The molecule has 0 spiro atoms. The molecular formula is C14H28N2O. The number of likely N-dealkylation sites (N-methyl/N-ethyl adjacent to an activating group) is 1. The normalized spacial score (nSPS) is 24.2. The van der Waals surface area contributed by atoms with Crippen molar-refractivity contribution in [3.05, 3.63) is 0 Å². The van der Waals surface area contributed by atoms with Crippen LogP contribution in [0.15, 0.2) is 0 Å². The van der Waals surface area contributed by atoms with Crippen LogP contribution in [0.1, 0.15) is 39.0 Å². The van der Waals surface area contributed by atoms with Crippen LogP contribution in [0.25, 0.3) is 0 Å². The van der Waals surface area contributed by atoms with Crippen LogP contribution in [0, 0.1) is 5.92 Å². The number of hydrogen-bond acceptors (Lipinski definition) is 3. The van der Waals surface area contributed by atoms with E-state index in [1.807, 2.05) is 0 Å². The van der Waals surface area contributed by atoms with Gasteiger partial charge in [0.1, 0.15) is 0 Å². The van der Waals surface area contributed by atoms with E-state index in [1.165, 1.54) is 45.2 Å². The molecule has 1 aliphatic heterocycles. The lowest BCUT2D eigenvalue weighted by Gasteiger charge is -2.34. The molecule has 2 aliphatic rings. The zero-order valence-electron chi connectivity index (χ0n) is 11.5. The maximum atomic E-state index is 5.44. The van der Waals surface area contributed by atoms with Crippen LogP contribution in [0.5, 0.6) is 0 Å². The van der Waals surface area contributed by atoms with Crippen LogP contribution in [-0.4, -0.2) is 50.3 Å². The summed E-state index contributed by atoms with van der Waals surface area (Å²) in [5.74, 6) is 0.948. The largest absolute Gasteiger partial charge is 0.381 e. The minimum atomic E-state index is 0.725. The summed E-state index contributed by atoms with van der Waals surface area (Å²) in [6, 6.07) is 1.47. The van der Waals surface area contributed by atoms with Gasteiger partial charge < -0.3 is 15.0 Å². The second-order valence-corrected chi connectivity index (χ2v) is 5.68. The third kappa shape index (κ3) is 4.23. The molecule has 2 fully saturated rings. The van der Waals surface area contributed by atoms with Gasteiger partial charge in [0.2, 0.25) is 0 Å². The van der Waals surface area contributed by atoms with E-state index in [0.29, 0.717) is 0 Å². The van der Waals surface area contributed by atoms with Crippen molar-refractivity contribution in [2.75, 3.05) is 33.4 Å². The Bertz CT molecular complexity index is 212. The monoisotopic (exact) mass is 240 g/mol. The molecule has 1 N–H and O–H groups in total. The van der Waals surface area contributed by atoms with Crippen molar-refractivity contribution in [1.82, 2.24) is 10.2 Å². The summed E-state index contributed by atoms with van der Waals surface area (Å²) in [5, 5.41) is 3.73. The number of nitrogens with zero attached hydrogens (tertiary/aromatic N) is 1. The molecule has 0 aromatic rings. The summed E-state index contributed by atoms with van der Waals surface area (Å²) in [5.41, 5.74) is 0. The van der Waals surface area contributed by atoms with E-state index >= 15 is 0 Å². The lowest BCUT2D eigenvalue weighted by molar-refractivity contribution is 0.0394. The van der Waals surface area contributed by atoms with Gasteiger partial charge in [0.25, 0.3) is 0 Å². The highest BCUT2D eigenvalue weighted by Crippen LogP contribution is 2.33. The van der Waals surface area contributed by atoms with Gasteiger partial charge in [-0.05, 0) is 51.6 Å². The highest BCUT2D eigenvalue weighted by atomic mass is 16.5. The Balaban J connectivity index is 1.75. The Kier molecular flexibility index (Phi) is 5.26. The van der Waals surface area contributed by atoms with Crippen molar-refractivity contribution in [3.8, 4) is 0 Å². The highest BCUT2D eigenvalue weighted by molar-refractivity contribution is 4.89. The fraction of sp³-hybridized carbons (Fsp3) is 1.00. The molecule has 3 heteroatoms. The summed E-state index contributed by atoms with van der Waals surface area (Å²) in [6.07, 6.45) is 6.53. The second-order valence-electron chi connectivity index (χ2n) is 5.68. The molecule has 0 radical (unpaired) electrons. The van der Waals surface area contributed by atoms with Crippen molar-refractivity contribution in [3.63, 3.8) is 0 Å². The molecule has 100 valence electrons. The maximum Gasteiger partial charge on any atom is 0.0480 e. The Labute approximate surface area is 106 Å². The van der Waals surface area contributed by atoms with Crippen molar-refractivity contribution >= 4 is 0 Å². The van der Waals surface area contributed by atoms with Gasteiger partial charge in [-0.25, -0.2) is 0 Å². The molecule has 0 bridgehead atoms. The first kappa shape index (κ1) is 13.3. The van der Waals surface area contributed by atoms with Gasteiger partial charge in [0.15, 0.2) is 0 Å². The molecule has 0 aromatic carbocycles.